The molecule has 98 valence electrons. The second-order valence-electron chi connectivity index (χ2n) is 4.87. The molecule has 1 unspecified atom stereocenters. The molecule has 0 aromatic carbocycles. The van der Waals surface area contributed by atoms with Crippen molar-refractivity contribution < 1.29 is 0 Å². The summed E-state index contributed by atoms with van der Waals surface area (Å²) in [6.45, 7) is 14.7. The molecule has 1 rings (SSSR count). The first kappa shape index (κ1) is 15.9. The van der Waals surface area contributed by atoms with Gasteiger partial charge in [0.25, 0.3) is 0 Å². The second-order valence-corrected chi connectivity index (χ2v) is 4.87. The molecule has 0 aromatic rings. The fourth-order valence-electron chi connectivity index (χ4n) is 2.35. The van der Waals surface area contributed by atoms with Crippen molar-refractivity contribution in [1.29, 1.82) is 0 Å². The van der Waals surface area contributed by atoms with E-state index in [1.165, 1.54) is 38.9 Å². The minimum Gasteiger partial charge on any atom is -0.302 e. The number of piperidine rings is 1. The van der Waals surface area contributed by atoms with E-state index in [-0.39, 0.29) is 0 Å². The van der Waals surface area contributed by atoms with E-state index in [0.29, 0.717) is 6.04 Å². The lowest BCUT2D eigenvalue weighted by Gasteiger charge is -2.39. The van der Waals surface area contributed by atoms with Gasteiger partial charge in [0.05, 0.1) is 0 Å². The molecular weight excluding hydrogens is 196 g/mol. The van der Waals surface area contributed by atoms with E-state index in [2.05, 4.69) is 37.6 Å². The Bertz CT molecular complexity index is 157. The molecule has 0 aromatic heterocycles. The van der Waals surface area contributed by atoms with Crippen molar-refractivity contribution in [2.75, 3.05) is 26.7 Å². The fraction of sp³-hybridized carbons (Fsp3) is 1.00. The van der Waals surface area contributed by atoms with Crippen LogP contribution in [0.3, 0.4) is 0 Å². The van der Waals surface area contributed by atoms with Crippen molar-refractivity contribution in [2.45, 2.75) is 66.0 Å². The van der Waals surface area contributed by atoms with Crippen LogP contribution in [-0.4, -0.2) is 48.6 Å². The van der Waals surface area contributed by atoms with E-state index in [1.54, 1.807) is 0 Å². The van der Waals surface area contributed by atoms with Gasteiger partial charge in [-0.05, 0) is 53.2 Å². The van der Waals surface area contributed by atoms with Crippen LogP contribution in [0.1, 0.15) is 53.9 Å². The zero-order valence-electron chi connectivity index (χ0n) is 12.3. The molecule has 0 bridgehead atoms. The Kier molecular flexibility index (Phi) is 8.96. The van der Waals surface area contributed by atoms with Crippen molar-refractivity contribution in [3.63, 3.8) is 0 Å². The smallest absolute Gasteiger partial charge is 0.0220 e. The van der Waals surface area contributed by atoms with Gasteiger partial charge < -0.3 is 4.90 Å². The maximum atomic E-state index is 2.61. The summed E-state index contributed by atoms with van der Waals surface area (Å²) in [6, 6.07) is 1.51. The summed E-state index contributed by atoms with van der Waals surface area (Å²) in [5.74, 6) is 0. The molecule has 2 nitrogen and oxygen atoms in total. The molecule has 0 N–H and O–H groups in total. The number of nitrogens with zero attached hydrogens (tertiary/aromatic N) is 2. The first-order chi connectivity index (χ1) is 7.65. The third kappa shape index (κ3) is 5.31. The third-order valence-corrected chi connectivity index (χ3v) is 3.36. The van der Waals surface area contributed by atoms with E-state index in [0.717, 1.165) is 6.04 Å². The van der Waals surface area contributed by atoms with Crippen molar-refractivity contribution >= 4 is 0 Å². The molecule has 1 aliphatic rings. The van der Waals surface area contributed by atoms with Crippen LogP contribution >= 0.6 is 0 Å². The molecule has 1 saturated heterocycles. The van der Waals surface area contributed by atoms with Crippen molar-refractivity contribution in [2.24, 2.45) is 0 Å². The summed E-state index contributed by atoms with van der Waals surface area (Å²) in [6.07, 6.45) is 4.03. The van der Waals surface area contributed by atoms with Crippen LogP contribution in [0.25, 0.3) is 0 Å². The molecule has 1 fully saturated rings. The predicted molar refractivity (Wildman–Crippen MR) is 74.0 cm³/mol. The van der Waals surface area contributed by atoms with Crippen LogP contribution in [0.5, 0.6) is 0 Å². The lowest BCUT2D eigenvalue weighted by Crippen LogP contribution is -2.48. The molecule has 2 heteroatoms. The molecule has 1 heterocycles. The van der Waals surface area contributed by atoms with Gasteiger partial charge >= 0.3 is 0 Å². The van der Waals surface area contributed by atoms with Crippen molar-refractivity contribution in [3.05, 3.63) is 0 Å². The highest BCUT2D eigenvalue weighted by molar-refractivity contribution is 4.80. The van der Waals surface area contributed by atoms with Crippen LogP contribution in [0.4, 0.5) is 0 Å². The topological polar surface area (TPSA) is 6.48 Å². The van der Waals surface area contributed by atoms with Gasteiger partial charge in [-0.3, -0.25) is 4.90 Å². The lowest BCUT2D eigenvalue weighted by atomic mass is 10.0. The van der Waals surface area contributed by atoms with E-state index < -0.39 is 0 Å². The maximum absolute atomic E-state index is 2.61. The Labute approximate surface area is 103 Å². The van der Waals surface area contributed by atoms with Gasteiger partial charge in [0.15, 0.2) is 0 Å². The summed E-state index contributed by atoms with van der Waals surface area (Å²) < 4.78 is 0. The summed E-state index contributed by atoms with van der Waals surface area (Å²) >= 11 is 0. The quantitative estimate of drug-likeness (QED) is 0.729. The van der Waals surface area contributed by atoms with Gasteiger partial charge in [-0.1, -0.05) is 20.8 Å². The average molecular weight is 228 g/mol. The zero-order valence-corrected chi connectivity index (χ0v) is 12.3. The van der Waals surface area contributed by atoms with E-state index in [1.807, 2.05) is 13.8 Å². The molecule has 16 heavy (non-hydrogen) atoms. The van der Waals surface area contributed by atoms with Gasteiger partial charge in [0.2, 0.25) is 0 Å². The third-order valence-electron chi connectivity index (χ3n) is 3.36. The van der Waals surface area contributed by atoms with Gasteiger partial charge in [-0.15, -0.1) is 0 Å². The molecule has 0 aliphatic carbocycles. The summed E-state index contributed by atoms with van der Waals surface area (Å²) in [5.41, 5.74) is 0. The molecule has 1 aliphatic heterocycles. The molecule has 1 atom stereocenters. The summed E-state index contributed by atoms with van der Waals surface area (Å²) in [7, 11) is 2.28. The van der Waals surface area contributed by atoms with Crippen LogP contribution in [0, 0.1) is 0 Å². The lowest BCUT2D eigenvalue weighted by molar-refractivity contribution is 0.0953. The van der Waals surface area contributed by atoms with Crippen molar-refractivity contribution in [3.8, 4) is 0 Å². The predicted octanol–water partition coefficient (Wildman–Crippen LogP) is 3.23. The van der Waals surface area contributed by atoms with Crippen molar-refractivity contribution in [1.82, 2.24) is 9.80 Å². The Balaban J connectivity index is 0.00000106. The summed E-state index contributed by atoms with van der Waals surface area (Å²) in [5, 5.41) is 0. The van der Waals surface area contributed by atoms with Gasteiger partial charge in [0, 0.05) is 18.6 Å². The molecular formula is C14H32N2. The van der Waals surface area contributed by atoms with E-state index in [9.17, 15) is 0 Å². The number of likely N-dealkylation sites (N-methyl/N-ethyl adjacent to an activating group) is 1. The number of hydrogen-bond donors (Lipinski definition) is 0. The zero-order chi connectivity index (χ0) is 12.6. The average Bonchev–Trinajstić information content (AvgIpc) is 2.32. The standard InChI is InChI=1S/C12H26N2.C2H6/c1-5-8-13(4)12-7-6-9-14(10-12)11(2)3;1-2/h11-12H,5-10H2,1-4H3;1-2H3. The maximum Gasteiger partial charge on any atom is 0.0220 e. The van der Waals surface area contributed by atoms with Crippen LogP contribution < -0.4 is 0 Å². The van der Waals surface area contributed by atoms with Crippen LogP contribution in [0.2, 0.25) is 0 Å². The van der Waals surface area contributed by atoms with E-state index >= 15 is 0 Å². The number of hydrogen-bond acceptors (Lipinski definition) is 2. The SMILES string of the molecule is CC.CCCN(C)C1CCCN(C(C)C)C1. The first-order valence-electron chi connectivity index (χ1n) is 7.09. The van der Waals surface area contributed by atoms with Crippen LogP contribution in [0.15, 0.2) is 0 Å². The first-order valence-corrected chi connectivity index (χ1v) is 7.09. The number of likely N-dealkylation sites (tertiary alicyclic amines) is 1. The minimum atomic E-state index is 0.716. The highest BCUT2D eigenvalue weighted by Gasteiger charge is 2.23. The second kappa shape index (κ2) is 9.00. The summed E-state index contributed by atoms with van der Waals surface area (Å²) in [4.78, 5) is 5.15. The van der Waals surface area contributed by atoms with Gasteiger partial charge in [-0.25, -0.2) is 0 Å². The van der Waals surface area contributed by atoms with Crippen LogP contribution in [-0.2, 0) is 0 Å². The normalized spacial score (nSPS) is 22.1. The monoisotopic (exact) mass is 228 g/mol. The molecule has 0 spiro atoms. The Morgan fingerprint density at radius 1 is 1.31 bits per heavy atom. The highest BCUT2D eigenvalue weighted by atomic mass is 15.2. The Morgan fingerprint density at radius 3 is 2.44 bits per heavy atom. The molecule has 0 saturated carbocycles. The van der Waals surface area contributed by atoms with E-state index in [4.69, 9.17) is 0 Å². The van der Waals surface area contributed by atoms with Gasteiger partial charge in [-0.2, -0.15) is 0 Å². The molecule has 0 amide bonds. The van der Waals surface area contributed by atoms with Gasteiger partial charge in [0.1, 0.15) is 0 Å². The minimum absolute atomic E-state index is 0.716. The Morgan fingerprint density at radius 2 is 1.94 bits per heavy atom. The molecule has 0 radical (unpaired) electrons. The highest BCUT2D eigenvalue weighted by Crippen LogP contribution is 2.16. The Hall–Kier alpha value is -0.0800. The largest absolute Gasteiger partial charge is 0.302 e. The fourth-order valence-corrected chi connectivity index (χ4v) is 2.35. The number of rotatable bonds is 4.